The quantitative estimate of drug-likeness (QED) is 0.857. The number of nitrogens with one attached hydrogen (secondary N) is 2. The minimum Gasteiger partial charge on any atom is -0.387 e. The van der Waals surface area contributed by atoms with E-state index in [4.69, 9.17) is 0 Å². The fourth-order valence-corrected chi connectivity index (χ4v) is 1.94. The molecule has 1 amide bonds. The number of hydrogen-bond acceptors (Lipinski definition) is 4. The van der Waals surface area contributed by atoms with E-state index in [0.717, 1.165) is 17.1 Å². The summed E-state index contributed by atoms with van der Waals surface area (Å²) in [5.74, 6) is 0.635. The molecular formula is C14H19N5O. The van der Waals surface area contributed by atoms with Crippen molar-refractivity contribution in [3.8, 4) is 0 Å². The van der Waals surface area contributed by atoms with Crippen molar-refractivity contribution in [2.24, 2.45) is 7.05 Å². The van der Waals surface area contributed by atoms with E-state index in [1.165, 1.54) is 0 Å². The second kappa shape index (κ2) is 6.18. The Morgan fingerprint density at radius 3 is 2.85 bits per heavy atom. The minimum absolute atomic E-state index is 0.0923. The molecule has 1 aromatic carbocycles. The van der Waals surface area contributed by atoms with Crippen LogP contribution in [0, 0.1) is 6.92 Å². The molecule has 2 rings (SSSR count). The number of hydrogen-bond donors (Lipinski definition) is 2. The predicted molar refractivity (Wildman–Crippen MR) is 77.8 cm³/mol. The van der Waals surface area contributed by atoms with Gasteiger partial charge in [0, 0.05) is 32.7 Å². The van der Waals surface area contributed by atoms with Gasteiger partial charge in [0.2, 0.25) is 0 Å². The van der Waals surface area contributed by atoms with Gasteiger partial charge < -0.3 is 10.6 Å². The summed E-state index contributed by atoms with van der Waals surface area (Å²) in [5, 5.41) is 10.1. The lowest BCUT2D eigenvalue weighted by Crippen LogP contribution is -2.26. The number of amides is 1. The maximum Gasteiger partial charge on any atom is 0.253 e. The Balaban J connectivity index is 1.95. The Kier molecular flexibility index (Phi) is 4.34. The number of aryl methyl sites for hydroxylation is 2. The van der Waals surface area contributed by atoms with Gasteiger partial charge in [-0.3, -0.25) is 9.48 Å². The van der Waals surface area contributed by atoms with Crippen molar-refractivity contribution in [3.63, 3.8) is 0 Å². The highest BCUT2D eigenvalue weighted by Gasteiger charge is 2.10. The van der Waals surface area contributed by atoms with Crippen LogP contribution in [0.15, 0.2) is 24.5 Å². The molecule has 0 bridgehead atoms. The van der Waals surface area contributed by atoms with Crippen LogP contribution in [0.1, 0.15) is 21.7 Å². The average Bonchev–Trinajstić information content (AvgIpc) is 2.84. The van der Waals surface area contributed by atoms with Gasteiger partial charge in [-0.1, -0.05) is 6.07 Å². The third kappa shape index (κ3) is 3.34. The first kappa shape index (κ1) is 14.0. The number of rotatable bonds is 5. The zero-order chi connectivity index (χ0) is 14.5. The fourth-order valence-electron chi connectivity index (χ4n) is 1.94. The fraction of sp³-hybridized carbons (Fsp3) is 0.357. The molecule has 0 aliphatic heterocycles. The summed E-state index contributed by atoms with van der Waals surface area (Å²) in [6, 6.07) is 5.71. The molecule has 0 radical (unpaired) electrons. The van der Waals surface area contributed by atoms with E-state index in [1.54, 1.807) is 11.0 Å². The molecule has 106 valence electrons. The first-order valence-corrected chi connectivity index (χ1v) is 6.51. The number of benzene rings is 1. The molecule has 6 heteroatoms. The van der Waals surface area contributed by atoms with E-state index in [1.807, 2.05) is 39.2 Å². The second-order valence-corrected chi connectivity index (χ2v) is 4.64. The zero-order valence-corrected chi connectivity index (χ0v) is 12.0. The summed E-state index contributed by atoms with van der Waals surface area (Å²) in [6.07, 6.45) is 2.27. The van der Waals surface area contributed by atoms with Gasteiger partial charge in [0.25, 0.3) is 5.91 Å². The molecule has 0 aliphatic rings. The summed E-state index contributed by atoms with van der Waals surface area (Å²) in [5.41, 5.74) is 2.59. The van der Waals surface area contributed by atoms with Gasteiger partial charge in [-0.15, -0.1) is 0 Å². The van der Waals surface area contributed by atoms with Crippen LogP contribution < -0.4 is 10.6 Å². The Morgan fingerprint density at radius 2 is 2.20 bits per heavy atom. The van der Waals surface area contributed by atoms with Crippen molar-refractivity contribution in [2.45, 2.75) is 13.3 Å². The van der Waals surface area contributed by atoms with E-state index in [9.17, 15) is 4.79 Å². The van der Waals surface area contributed by atoms with E-state index < -0.39 is 0 Å². The van der Waals surface area contributed by atoms with E-state index in [-0.39, 0.29) is 5.91 Å². The van der Waals surface area contributed by atoms with Gasteiger partial charge in [0.1, 0.15) is 6.33 Å². The zero-order valence-electron chi connectivity index (χ0n) is 12.0. The third-order valence-corrected chi connectivity index (χ3v) is 2.97. The van der Waals surface area contributed by atoms with Crippen LogP contribution in [0.25, 0.3) is 0 Å². The van der Waals surface area contributed by atoms with Crippen molar-refractivity contribution < 1.29 is 4.79 Å². The highest BCUT2D eigenvalue weighted by atomic mass is 16.1. The molecule has 0 saturated carbocycles. The highest BCUT2D eigenvalue weighted by Crippen LogP contribution is 2.16. The molecule has 0 spiro atoms. The minimum atomic E-state index is -0.0923. The lowest BCUT2D eigenvalue weighted by molar-refractivity contribution is 0.0955. The smallest absolute Gasteiger partial charge is 0.253 e. The number of carbonyl (C=O) groups excluding carboxylic acids is 1. The molecule has 0 saturated heterocycles. The van der Waals surface area contributed by atoms with Gasteiger partial charge in [0.05, 0.1) is 5.56 Å². The summed E-state index contributed by atoms with van der Waals surface area (Å²) < 4.78 is 1.65. The molecule has 2 aromatic rings. The van der Waals surface area contributed by atoms with Crippen LogP contribution in [0.2, 0.25) is 0 Å². The Bertz CT molecular complexity index is 605. The van der Waals surface area contributed by atoms with E-state index in [0.29, 0.717) is 18.5 Å². The normalized spacial score (nSPS) is 10.3. The van der Waals surface area contributed by atoms with Crippen LogP contribution in [-0.4, -0.2) is 34.3 Å². The standard InChI is InChI=1S/C14H19N5O/c1-10-4-5-11(12(8-10)15-2)14(20)16-7-6-13-17-9-19(3)18-13/h4-5,8-9,15H,6-7H2,1-3H3,(H,16,20). The largest absolute Gasteiger partial charge is 0.387 e. The molecule has 6 nitrogen and oxygen atoms in total. The van der Waals surface area contributed by atoms with Crippen LogP contribution in [0.3, 0.4) is 0 Å². The van der Waals surface area contributed by atoms with Crippen LogP contribution in [-0.2, 0) is 13.5 Å². The van der Waals surface area contributed by atoms with Crippen LogP contribution in [0.4, 0.5) is 5.69 Å². The summed E-state index contributed by atoms with van der Waals surface area (Å²) in [7, 11) is 3.63. The summed E-state index contributed by atoms with van der Waals surface area (Å²) in [6.45, 7) is 2.51. The van der Waals surface area contributed by atoms with Gasteiger partial charge >= 0.3 is 0 Å². The van der Waals surface area contributed by atoms with Crippen molar-refractivity contribution >= 4 is 11.6 Å². The van der Waals surface area contributed by atoms with Gasteiger partial charge in [-0.05, 0) is 24.6 Å². The number of carbonyl (C=O) groups is 1. The van der Waals surface area contributed by atoms with Crippen LogP contribution >= 0.6 is 0 Å². The maximum absolute atomic E-state index is 12.1. The van der Waals surface area contributed by atoms with E-state index >= 15 is 0 Å². The highest BCUT2D eigenvalue weighted by molar-refractivity contribution is 5.99. The molecule has 0 fully saturated rings. The van der Waals surface area contributed by atoms with Crippen molar-refractivity contribution in [2.75, 3.05) is 18.9 Å². The molecule has 1 aromatic heterocycles. The number of anilines is 1. The first-order valence-electron chi connectivity index (χ1n) is 6.51. The number of aromatic nitrogens is 3. The van der Waals surface area contributed by atoms with Gasteiger partial charge in [0.15, 0.2) is 5.82 Å². The van der Waals surface area contributed by atoms with Crippen molar-refractivity contribution in [1.29, 1.82) is 0 Å². The van der Waals surface area contributed by atoms with Crippen molar-refractivity contribution in [1.82, 2.24) is 20.1 Å². The molecule has 2 N–H and O–H groups in total. The average molecular weight is 273 g/mol. The molecule has 0 aliphatic carbocycles. The third-order valence-electron chi connectivity index (χ3n) is 2.97. The molecular weight excluding hydrogens is 254 g/mol. The Morgan fingerprint density at radius 1 is 1.40 bits per heavy atom. The number of nitrogens with zero attached hydrogens (tertiary/aromatic N) is 3. The predicted octanol–water partition coefficient (Wildman–Crippen LogP) is 1.14. The lowest BCUT2D eigenvalue weighted by atomic mass is 10.1. The Hall–Kier alpha value is -2.37. The first-order chi connectivity index (χ1) is 9.60. The summed E-state index contributed by atoms with van der Waals surface area (Å²) in [4.78, 5) is 16.3. The van der Waals surface area contributed by atoms with Crippen LogP contribution in [0.5, 0.6) is 0 Å². The van der Waals surface area contributed by atoms with Gasteiger partial charge in [-0.25, -0.2) is 4.98 Å². The monoisotopic (exact) mass is 273 g/mol. The molecule has 20 heavy (non-hydrogen) atoms. The lowest BCUT2D eigenvalue weighted by Gasteiger charge is -2.10. The molecule has 0 unspecified atom stereocenters. The maximum atomic E-state index is 12.1. The van der Waals surface area contributed by atoms with Gasteiger partial charge in [-0.2, -0.15) is 5.10 Å². The SMILES string of the molecule is CNc1cc(C)ccc1C(=O)NCCc1ncn(C)n1. The summed E-state index contributed by atoms with van der Waals surface area (Å²) >= 11 is 0. The molecule has 1 heterocycles. The van der Waals surface area contributed by atoms with Crippen molar-refractivity contribution in [3.05, 3.63) is 41.5 Å². The van der Waals surface area contributed by atoms with E-state index in [2.05, 4.69) is 20.7 Å². The second-order valence-electron chi connectivity index (χ2n) is 4.64. The Labute approximate surface area is 118 Å². The topological polar surface area (TPSA) is 71.8 Å². The molecule has 0 atom stereocenters.